The van der Waals surface area contributed by atoms with Gasteiger partial charge in [-0.05, 0) is 61.8 Å². The van der Waals surface area contributed by atoms with Crippen molar-refractivity contribution in [2.24, 2.45) is 0 Å². The standard InChI is InChI=1S/C18H21FN4O/c19-16-9-15(13-22-7-2-1-3-8-22)10-18(11-16)23(14-24)21-17-5-4-6-20-12-17/h4-6,9-12,14,21H,1-3,7-8,13H2. The third kappa shape index (κ3) is 4.29. The fraction of sp³-hybridized carbons (Fsp3) is 0.333. The molecular formula is C18H21FN4O. The van der Waals surface area contributed by atoms with Crippen LogP contribution >= 0.6 is 0 Å². The molecule has 1 aliphatic rings. The lowest BCUT2D eigenvalue weighted by atomic mass is 10.1. The van der Waals surface area contributed by atoms with Crippen LogP contribution < -0.4 is 10.4 Å². The summed E-state index contributed by atoms with van der Waals surface area (Å²) in [6.07, 6.45) is 7.52. The number of piperidine rings is 1. The Morgan fingerprint density at radius 1 is 1.25 bits per heavy atom. The van der Waals surface area contributed by atoms with Crippen molar-refractivity contribution in [3.8, 4) is 0 Å². The summed E-state index contributed by atoms with van der Waals surface area (Å²) in [6.45, 7) is 2.78. The van der Waals surface area contributed by atoms with Gasteiger partial charge in [0.25, 0.3) is 0 Å². The average molecular weight is 328 g/mol. The number of aromatic nitrogens is 1. The number of carbonyl (C=O) groups excluding carboxylic acids is 1. The first-order valence-corrected chi connectivity index (χ1v) is 8.17. The first-order chi connectivity index (χ1) is 11.7. The first kappa shape index (κ1) is 16.4. The first-order valence-electron chi connectivity index (χ1n) is 8.17. The molecule has 5 nitrogen and oxygen atoms in total. The molecule has 1 saturated heterocycles. The Hall–Kier alpha value is -2.47. The van der Waals surface area contributed by atoms with Gasteiger partial charge in [-0.15, -0.1) is 0 Å². The van der Waals surface area contributed by atoms with Gasteiger partial charge in [-0.3, -0.25) is 20.1 Å². The van der Waals surface area contributed by atoms with Crippen LogP contribution in [-0.4, -0.2) is 29.4 Å². The Bertz CT molecular complexity index is 674. The Morgan fingerprint density at radius 2 is 2.08 bits per heavy atom. The molecule has 3 rings (SSSR count). The number of anilines is 2. The van der Waals surface area contributed by atoms with E-state index in [0.717, 1.165) is 18.7 Å². The maximum absolute atomic E-state index is 14.0. The van der Waals surface area contributed by atoms with Crippen LogP contribution in [0.1, 0.15) is 24.8 Å². The van der Waals surface area contributed by atoms with Crippen molar-refractivity contribution in [2.75, 3.05) is 23.5 Å². The van der Waals surface area contributed by atoms with Gasteiger partial charge in [0.1, 0.15) is 5.82 Å². The smallest absolute Gasteiger partial charge is 0.232 e. The summed E-state index contributed by atoms with van der Waals surface area (Å²) in [5.41, 5.74) is 4.92. The van der Waals surface area contributed by atoms with E-state index >= 15 is 0 Å². The second-order valence-corrected chi connectivity index (χ2v) is 5.98. The average Bonchev–Trinajstić information content (AvgIpc) is 2.61. The molecule has 0 unspecified atom stereocenters. The van der Waals surface area contributed by atoms with Gasteiger partial charge in [0.2, 0.25) is 6.41 Å². The number of nitrogens with one attached hydrogen (secondary N) is 1. The lowest BCUT2D eigenvalue weighted by molar-refractivity contribution is -0.107. The molecule has 1 aliphatic heterocycles. The maximum atomic E-state index is 14.0. The summed E-state index contributed by atoms with van der Waals surface area (Å²) in [6, 6.07) is 8.27. The molecular weight excluding hydrogens is 307 g/mol. The van der Waals surface area contributed by atoms with Crippen LogP contribution in [0, 0.1) is 5.82 Å². The summed E-state index contributed by atoms with van der Waals surface area (Å²) < 4.78 is 14.0. The zero-order valence-electron chi connectivity index (χ0n) is 13.5. The molecule has 0 bridgehead atoms. The van der Waals surface area contributed by atoms with Crippen molar-refractivity contribution < 1.29 is 9.18 Å². The van der Waals surface area contributed by atoms with Gasteiger partial charge in [-0.25, -0.2) is 9.40 Å². The van der Waals surface area contributed by atoms with Gasteiger partial charge in [0.05, 0.1) is 17.6 Å². The predicted molar refractivity (Wildman–Crippen MR) is 91.9 cm³/mol. The summed E-state index contributed by atoms with van der Waals surface area (Å²) in [5, 5.41) is 1.26. The minimum absolute atomic E-state index is 0.348. The molecule has 1 aromatic heterocycles. The Balaban J connectivity index is 1.77. The molecule has 6 heteroatoms. The number of amides is 1. The molecule has 0 saturated carbocycles. The molecule has 2 aromatic rings. The molecule has 1 aromatic carbocycles. The zero-order valence-corrected chi connectivity index (χ0v) is 13.5. The Kier molecular flexibility index (Phi) is 5.38. The number of carbonyl (C=O) groups is 1. The molecule has 0 aliphatic carbocycles. The van der Waals surface area contributed by atoms with E-state index in [0.29, 0.717) is 24.3 Å². The number of hydrogen-bond donors (Lipinski definition) is 1. The molecule has 1 N–H and O–H groups in total. The van der Waals surface area contributed by atoms with Crippen molar-refractivity contribution in [1.82, 2.24) is 9.88 Å². The Morgan fingerprint density at radius 3 is 2.79 bits per heavy atom. The van der Waals surface area contributed by atoms with Crippen molar-refractivity contribution in [2.45, 2.75) is 25.8 Å². The molecule has 2 heterocycles. The molecule has 0 spiro atoms. The minimum Gasteiger partial charge on any atom is -0.299 e. The highest BCUT2D eigenvalue weighted by Crippen LogP contribution is 2.21. The van der Waals surface area contributed by atoms with E-state index in [9.17, 15) is 9.18 Å². The number of hydrazine groups is 1. The normalized spacial score (nSPS) is 15.0. The van der Waals surface area contributed by atoms with Gasteiger partial charge in [-0.2, -0.15) is 0 Å². The van der Waals surface area contributed by atoms with E-state index in [2.05, 4.69) is 15.3 Å². The Labute approximate surface area is 141 Å². The number of nitrogens with zero attached hydrogens (tertiary/aromatic N) is 3. The predicted octanol–water partition coefficient (Wildman–Crippen LogP) is 3.20. The number of pyridine rings is 1. The van der Waals surface area contributed by atoms with E-state index in [1.165, 1.54) is 36.4 Å². The molecule has 24 heavy (non-hydrogen) atoms. The van der Waals surface area contributed by atoms with E-state index in [1.807, 2.05) is 6.07 Å². The second kappa shape index (κ2) is 7.88. The monoisotopic (exact) mass is 328 g/mol. The van der Waals surface area contributed by atoms with Gasteiger partial charge in [-0.1, -0.05) is 6.42 Å². The van der Waals surface area contributed by atoms with E-state index in [-0.39, 0.29) is 5.82 Å². The van der Waals surface area contributed by atoms with Crippen molar-refractivity contribution >= 4 is 17.8 Å². The van der Waals surface area contributed by atoms with E-state index in [4.69, 9.17) is 0 Å². The quantitative estimate of drug-likeness (QED) is 0.653. The topological polar surface area (TPSA) is 48.5 Å². The van der Waals surface area contributed by atoms with Crippen molar-refractivity contribution in [3.05, 3.63) is 54.1 Å². The second-order valence-electron chi connectivity index (χ2n) is 5.98. The van der Waals surface area contributed by atoms with Gasteiger partial charge in [0, 0.05) is 12.7 Å². The molecule has 0 radical (unpaired) electrons. The lowest BCUT2D eigenvalue weighted by Gasteiger charge is -2.27. The molecule has 1 fully saturated rings. The van der Waals surface area contributed by atoms with Crippen LogP contribution in [0.4, 0.5) is 15.8 Å². The number of benzene rings is 1. The number of likely N-dealkylation sites (tertiary alicyclic amines) is 1. The summed E-state index contributed by atoms with van der Waals surface area (Å²) in [5.74, 6) is -0.348. The molecule has 0 atom stereocenters. The highest BCUT2D eigenvalue weighted by atomic mass is 19.1. The number of rotatable bonds is 6. The summed E-state index contributed by atoms with van der Waals surface area (Å²) >= 11 is 0. The minimum atomic E-state index is -0.348. The molecule has 126 valence electrons. The SMILES string of the molecule is O=CN(Nc1cccnc1)c1cc(F)cc(CN2CCCCC2)c1. The van der Waals surface area contributed by atoms with E-state index < -0.39 is 0 Å². The van der Waals surface area contributed by atoms with Crippen LogP contribution in [-0.2, 0) is 11.3 Å². The van der Waals surface area contributed by atoms with Gasteiger partial charge in [0.15, 0.2) is 0 Å². The van der Waals surface area contributed by atoms with Crippen molar-refractivity contribution in [3.63, 3.8) is 0 Å². The number of hydrogen-bond acceptors (Lipinski definition) is 4. The highest BCUT2D eigenvalue weighted by Gasteiger charge is 2.13. The fourth-order valence-corrected chi connectivity index (χ4v) is 2.96. The van der Waals surface area contributed by atoms with Crippen LogP contribution in [0.15, 0.2) is 42.7 Å². The third-order valence-electron chi connectivity index (χ3n) is 4.09. The van der Waals surface area contributed by atoms with Gasteiger partial charge < -0.3 is 0 Å². The van der Waals surface area contributed by atoms with Crippen LogP contribution in [0.2, 0.25) is 0 Å². The summed E-state index contributed by atoms with van der Waals surface area (Å²) in [4.78, 5) is 17.7. The lowest BCUT2D eigenvalue weighted by Crippen LogP contribution is -2.30. The van der Waals surface area contributed by atoms with E-state index in [1.54, 1.807) is 24.5 Å². The van der Waals surface area contributed by atoms with Crippen molar-refractivity contribution in [1.29, 1.82) is 0 Å². The molecule has 1 amide bonds. The van der Waals surface area contributed by atoms with Crippen LogP contribution in [0.3, 0.4) is 0 Å². The number of halogens is 1. The van der Waals surface area contributed by atoms with Crippen LogP contribution in [0.5, 0.6) is 0 Å². The van der Waals surface area contributed by atoms with Gasteiger partial charge >= 0.3 is 0 Å². The largest absolute Gasteiger partial charge is 0.299 e. The zero-order chi connectivity index (χ0) is 16.8. The third-order valence-corrected chi connectivity index (χ3v) is 4.09. The fourth-order valence-electron chi connectivity index (χ4n) is 2.96. The summed E-state index contributed by atoms with van der Waals surface area (Å²) in [7, 11) is 0. The van der Waals surface area contributed by atoms with Crippen LogP contribution in [0.25, 0.3) is 0 Å². The highest BCUT2D eigenvalue weighted by molar-refractivity contribution is 5.78. The maximum Gasteiger partial charge on any atom is 0.232 e.